The first-order chi connectivity index (χ1) is 7.06. The Bertz CT molecular complexity index is 174. The van der Waals surface area contributed by atoms with E-state index >= 15 is 0 Å². The van der Waals surface area contributed by atoms with Gasteiger partial charge in [0.15, 0.2) is 0 Å². The Labute approximate surface area is 96.0 Å². The lowest BCUT2D eigenvalue weighted by molar-refractivity contribution is -0.144. The number of esters is 1. The Morgan fingerprint density at radius 3 is 2.67 bits per heavy atom. The van der Waals surface area contributed by atoms with Crippen LogP contribution in [0.1, 0.15) is 40.0 Å². The second kappa shape index (κ2) is 9.01. The van der Waals surface area contributed by atoms with Gasteiger partial charge in [0, 0.05) is 0 Å². The molecule has 0 N–H and O–H groups in total. The zero-order valence-electron chi connectivity index (χ0n) is 9.79. The molecule has 0 aromatic rings. The van der Waals surface area contributed by atoms with Crippen molar-refractivity contribution in [2.75, 3.05) is 11.5 Å². The smallest absolute Gasteiger partial charge is 0.316 e. The molecule has 90 valence electrons. The number of alkyl halides is 1. The minimum atomic E-state index is -0.687. The first-order valence-electron chi connectivity index (χ1n) is 5.47. The molecular weight excluding hydrogens is 215 g/mol. The summed E-state index contributed by atoms with van der Waals surface area (Å²) in [5.74, 6) is 1.02. The Morgan fingerprint density at radius 2 is 2.13 bits per heavy atom. The van der Waals surface area contributed by atoms with Crippen LogP contribution >= 0.6 is 11.8 Å². The van der Waals surface area contributed by atoms with Crippen LogP contribution < -0.4 is 0 Å². The largest absolute Gasteiger partial charge is 0.462 e. The lowest BCUT2D eigenvalue weighted by Gasteiger charge is -2.07. The first kappa shape index (κ1) is 14.8. The van der Waals surface area contributed by atoms with Crippen LogP contribution in [0.25, 0.3) is 0 Å². The predicted molar refractivity (Wildman–Crippen MR) is 63.0 cm³/mol. The molecule has 0 radical (unpaired) electrons. The van der Waals surface area contributed by atoms with E-state index in [0.29, 0.717) is 18.6 Å². The van der Waals surface area contributed by atoms with Gasteiger partial charge in [-0.1, -0.05) is 6.92 Å². The van der Waals surface area contributed by atoms with Crippen molar-refractivity contribution in [2.45, 2.75) is 52.3 Å². The van der Waals surface area contributed by atoms with Crippen LogP contribution in [0.4, 0.5) is 4.39 Å². The zero-order chi connectivity index (χ0) is 11.7. The Morgan fingerprint density at radius 1 is 1.47 bits per heavy atom. The maximum atomic E-state index is 12.8. The SMILES string of the molecule is CCC(F)CCCSCC(=O)OC(C)C. The van der Waals surface area contributed by atoms with Crippen molar-refractivity contribution in [1.29, 1.82) is 0 Å². The molecule has 15 heavy (non-hydrogen) atoms. The molecular formula is C11H21FO2S. The number of halogens is 1. The van der Waals surface area contributed by atoms with Crippen molar-refractivity contribution in [3.8, 4) is 0 Å². The van der Waals surface area contributed by atoms with E-state index in [1.807, 2.05) is 20.8 Å². The van der Waals surface area contributed by atoms with Crippen LogP contribution in [0.5, 0.6) is 0 Å². The van der Waals surface area contributed by atoms with Crippen molar-refractivity contribution < 1.29 is 13.9 Å². The van der Waals surface area contributed by atoms with E-state index in [4.69, 9.17) is 4.74 Å². The Kier molecular flexibility index (Phi) is 8.86. The lowest BCUT2D eigenvalue weighted by Crippen LogP contribution is -2.13. The number of thioether (sulfide) groups is 1. The molecule has 0 aromatic carbocycles. The summed E-state index contributed by atoms with van der Waals surface area (Å²) in [6.07, 6.45) is 1.28. The molecule has 0 amide bonds. The molecule has 1 atom stereocenters. The van der Waals surface area contributed by atoms with Crippen LogP contribution in [-0.4, -0.2) is 29.8 Å². The Hall–Kier alpha value is -0.250. The lowest BCUT2D eigenvalue weighted by atomic mass is 10.2. The molecule has 0 aliphatic heterocycles. The quantitative estimate of drug-likeness (QED) is 0.478. The van der Waals surface area contributed by atoms with E-state index in [1.54, 1.807) is 0 Å². The van der Waals surface area contributed by atoms with Crippen LogP contribution in [0, 0.1) is 0 Å². The van der Waals surface area contributed by atoms with Gasteiger partial charge >= 0.3 is 5.97 Å². The molecule has 0 aliphatic carbocycles. The molecule has 0 aromatic heterocycles. The highest BCUT2D eigenvalue weighted by Gasteiger charge is 2.06. The topological polar surface area (TPSA) is 26.3 Å². The molecule has 0 saturated carbocycles. The molecule has 1 unspecified atom stereocenters. The highest BCUT2D eigenvalue weighted by atomic mass is 32.2. The van der Waals surface area contributed by atoms with Gasteiger partial charge in [-0.2, -0.15) is 11.8 Å². The maximum absolute atomic E-state index is 12.8. The van der Waals surface area contributed by atoms with Crippen molar-refractivity contribution in [3.63, 3.8) is 0 Å². The summed E-state index contributed by atoms with van der Waals surface area (Å²) in [7, 11) is 0. The number of ether oxygens (including phenoxy) is 1. The van der Waals surface area contributed by atoms with E-state index in [0.717, 1.165) is 12.2 Å². The first-order valence-corrected chi connectivity index (χ1v) is 6.63. The summed E-state index contributed by atoms with van der Waals surface area (Å²) < 4.78 is 17.8. The zero-order valence-corrected chi connectivity index (χ0v) is 10.6. The van der Waals surface area contributed by atoms with Gasteiger partial charge in [-0.15, -0.1) is 0 Å². The predicted octanol–water partition coefficient (Wildman–Crippen LogP) is 3.20. The normalized spacial score (nSPS) is 12.9. The van der Waals surface area contributed by atoms with Gasteiger partial charge in [-0.25, -0.2) is 4.39 Å². The average molecular weight is 236 g/mol. The van der Waals surface area contributed by atoms with Gasteiger partial charge in [-0.3, -0.25) is 4.79 Å². The van der Waals surface area contributed by atoms with Crippen molar-refractivity contribution in [2.24, 2.45) is 0 Å². The number of hydrogen-bond acceptors (Lipinski definition) is 3. The van der Waals surface area contributed by atoms with Crippen LogP contribution in [0.3, 0.4) is 0 Å². The van der Waals surface area contributed by atoms with E-state index in [-0.39, 0.29) is 12.1 Å². The molecule has 0 rings (SSSR count). The fourth-order valence-electron chi connectivity index (χ4n) is 1.06. The highest BCUT2D eigenvalue weighted by molar-refractivity contribution is 7.99. The third-order valence-corrected chi connectivity index (χ3v) is 2.85. The molecule has 0 aliphatic rings. The second-order valence-corrected chi connectivity index (χ2v) is 4.84. The number of carbonyl (C=O) groups is 1. The van der Waals surface area contributed by atoms with Gasteiger partial charge < -0.3 is 4.74 Å². The van der Waals surface area contributed by atoms with E-state index < -0.39 is 6.17 Å². The average Bonchev–Trinajstić information content (AvgIpc) is 2.15. The standard InChI is InChI=1S/C11H21FO2S/c1-4-10(12)6-5-7-15-8-11(13)14-9(2)3/h9-10H,4-8H2,1-3H3. The van der Waals surface area contributed by atoms with Gasteiger partial charge in [-0.05, 0) is 38.9 Å². The van der Waals surface area contributed by atoms with Gasteiger partial charge in [0.05, 0.1) is 18.0 Å². The minimum absolute atomic E-state index is 0.0478. The van der Waals surface area contributed by atoms with Crippen LogP contribution in [0.2, 0.25) is 0 Å². The number of rotatable bonds is 8. The van der Waals surface area contributed by atoms with E-state index in [1.165, 1.54) is 11.8 Å². The highest BCUT2D eigenvalue weighted by Crippen LogP contribution is 2.11. The summed E-state index contributed by atoms with van der Waals surface area (Å²) >= 11 is 1.51. The third-order valence-electron chi connectivity index (χ3n) is 1.84. The molecule has 4 heteroatoms. The van der Waals surface area contributed by atoms with Crippen LogP contribution in [0.15, 0.2) is 0 Å². The van der Waals surface area contributed by atoms with Crippen molar-refractivity contribution >= 4 is 17.7 Å². The summed E-state index contributed by atoms with van der Waals surface area (Å²) in [5.41, 5.74) is 0. The number of hydrogen-bond donors (Lipinski definition) is 0. The fourth-order valence-corrected chi connectivity index (χ4v) is 1.81. The third kappa shape index (κ3) is 10.0. The van der Waals surface area contributed by atoms with Crippen LogP contribution in [-0.2, 0) is 9.53 Å². The second-order valence-electron chi connectivity index (χ2n) is 3.74. The van der Waals surface area contributed by atoms with E-state index in [9.17, 15) is 9.18 Å². The molecule has 2 nitrogen and oxygen atoms in total. The van der Waals surface area contributed by atoms with Gasteiger partial charge in [0.25, 0.3) is 0 Å². The minimum Gasteiger partial charge on any atom is -0.462 e. The van der Waals surface area contributed by atoms with Gasteiger partial charge in [0.1, 0.15) is 0 Å². The molecule has 0 spiro atoms. The van der Waals surface area contributed by atoms with Crippen molar-refractivity contribution in [3.05, 3.63) is 0 Å². The molecule has 0 heterocycles. The fraction of sp³-hybridized carbons (Fsp3) is 0.909. The maximum Gasteiger partial charge on any atom is 0.316 e. The van der Waals surface area contributed by atoms with E-state index in [2.05, 4.69) is 0 Å². The summed E-state index contributed by atoms with van der Waals surface area (Å²) in [6.45, 7) is 5.51. The van der Waals surface area contributed by atoms with Gasteiger partial charge in [0.2, 0.25) is 0 Å². The Balaban J connectivity index is 3.27. The number of carbonyl (C=O) groups excluding carboxylic acids is 1. The summed E-state index contributed by atoms with van der Waals surface area (Å²) in [6, 6.07) is 0. The summed E-state index contributed by atoms with van der Waals surface area (Å²) in [5, 5.41) is 0. The molecule has 0 bridgehead atoms. The molecule has 0 saturated heterocycles. The molecule has 0 fully saturated rings. The summed E-state index contributed by atoms with van der Waals surface area (Å²) in [4.78, 5) is 11.1. The van der Waals surface area contributed by atoms with Crippen molar-refractivity contribution in [1.82, 2.24) is 0 Å². The monoisotopic (exact) mass is 236 g/mol.